The first kappa shape index (κ1) is 16.2. The fourth-order valence-corrected chi connectivity index (χ4v) is 2.63. The molecule has 0 fully saturated rings. The van der Waals surface area contributed by atoms with E-state index in [-0.39, 0.29) is 5.91 Å². The van der Waals surface area contributed by atoms with Gasteiger partial charge in [-0.15, -0.1) is 10.2 Å². The van der Waals surface area contributed by atoms with Crippen LogP contribution in [0.2, 0.25) is 5.02 Å². The second-order valence-electron chi connectivity index (χ2n) is 5.42. The summed E-state index contributed by atoms with van der Waals surface area (Å²) in [6.45, 7) is 0.470. The standard InChI is InChI=1S/C18H17ClN4O/c1-23-12-21-22-17(23)9-10-20-18(24)15-11-14(7-8-16(15)19)13-5-3-2-4-6-13/h2-8,11-12H,9-10H2,1H3,(H,20,24). The first-order valence-electron chi connectivity index (χ1n) is 7.61. The topological polar surface area (TPSA) is 59.8 Å². The van der Waals surface area contributed by atoms with E-state index in [9.17, 15) is 4.79 Å². The van der Waals surface area contributed by atoms with Gasteiger partial charge in [-0.25, -0.2) is 0 Å². The van der Waals surface area contributed by atoms with Gasteiger partial charge < -0.3 is 9.88 Å². The second kappa shape index (κ2) is 7.27. The van der Waals surface area contributed by atoms with E-state index in [4.69, 9.17) is 11.6 Å². The van der Waals surface area contributed by atoms with Gasteiger partial charge in [0.25, 0.3) is 5.91 Å². The van der Waals surface area contributed by atoms with Gasteiger partial charge >= 0.3 is 0 Å². The zero-order valence-corrected chi connectivity index (χ0v) is 14.0. The van der Waals surface area contributed by atoms with Crippen molar-refractivity contribution in [1.82, 2.24) is 20.1 Å². The maximum absolute atomic E-state index is 12.4. The van der Waals surface area contributed by atoms with Crippen LogP contribution in [0.25, 0.3) is 11.1 Å². The van der Waals surface area contributed by atoms with Crippen LogP contribution in [0.15, 0.2) is 54.9 Å². The van der Waals surface area contributed by atoms with Gasteiger partial charge in [0.2, 0.25) is 0 Å². The number of aryl methyl sites for hydroxylation is 1. The highest BCUT2D eigenvalue weighted by Crippen LogP contribution is 2.25. The summed E-state index contributed by atoms with van der Waals surface area (Å²) in [6, 6.07) is 15.4. The number of amides is 1. The molecule has 3 aromatic rings. The smallest absolute Gasteiger partial charge is 0.252 e. The average molecular weight is 341 g/mol. The number of carbonyl (C=O) groups excluding carboxylic acids is 1. The average Bonchev–Trinajstić information content (AvgIpc) is 3.01. The van der Waals surface area contributed by atoms with Crippen molar-refractivity contribution in [3.63, 3.8) is 0 Å². The molecule has 0 saturated heterocycles. The molecular weight excluding hydrogens is 324 g/mol. The van der Waals surface area contributed by atoms with Crippen molar-refractivity contribution in [2.75, 3.05) is 6.54 Å². The quantitative estimate of drug-likeness (QED) is 0.776. The molecule has 0 aliphatic carbocycles. The molecule has 0 saturated carbocycles. The molecule has 0 aliphatic heterocycles. The zero-order chi connectivity index (χ0) is 16.9. The van der Waals surface area contributed by atoms with Crippen LogP contribution < -0.4 is 5.32 Å². The molecule has 24 heavy (non-hydrogen) atoms. The van der Waals surface area contributed by atoms with Crippen LogP contribution in [-0.2, 0) is 13.5 Å². The van der Waals surface area contributed by atoms with Gasteiger partial charge in [-0.05, 0) is 23.3 Å². The Labute approximate surface area is 145 Å². The number of aromatic nitrogens is 3. The minimum atomic E-state index is -0.194. The highest BCUT2D eigenvalue weighted by molar-refractivity contribution is 6.34. The monoisotopic (exact) mass is 340 g/mol. The molecule has 1 heterocycles. The van der Waals surface area contributed by atoms with Crippen molar-refractivity contribution >= 4 is 17.5 Å². The maximum Gasteiger partial charge on any atom is 0.252 e. The fraction of sp³-hybridized carbons (Fsp3) is 0.167. The minimum absolute atomic E-state index is 0.194. The predicted octanol–water partition coefficient (Wildman–Crippen LogP) is 3.11. The first-order valence-corrected chi connectivity index (χ1v) is 7.99. The van der Waals surface area contributed by atoms with Crippen molar-refractivity contribution in [3.8, 4) is 11.1 Å². The van der Waals surface area contributed by atoms with E-state index >= 15 is 0 Å². The fourth-order valence-electron chi connectivity index (χ4n) is 2.43. The Hall–Kier alpha value is -2.66. The molecule has 6 heteroatoms. The highest BCUT2D eigenvalue weighted by Gasteiger charge is 2.12. The van der Waals surface area contributed by atoms with Crippen LogP contribution in [0, 0.1) is 0 Å². The second-order valence-corrected chi connectivity index (χ2v) is 5.83. The number of rotatable bonds is 5. The molecule has 122 valence electrons. The Morgan fingerprint density at radius 2 is 1.96 bits per heavy atom. The van der Waals surface area contributed by atoms with Crippen LogP contribution in [0.3, 0.4) is 0 Å². The molecule has 2 aromatic carbocycles. The maximum atomic E-state index is 12.4. The van der Waals surface area contributed by atoms with E-state index in [1.165, 1.54) is 0 Å². The van der Waals surface area contributed by atoms with Gasteiger partial charge in [0, 0.05) is 20.0 Å². The Kier molecular flexibility index (Phi) is 4.91. The number of carbonyl (C=O) groups is 1. The van der Waals surface area contributed by atoms with Crippen molar-refractivity contribution < 1.29 is 4.79 Å². The van der Waals surface area contributed by atoms with Crippen molar-refractivity contribution in [1.29, 1.82) is 0 Å². The molecule has 1 aromatic heterocycles. The number of nitrogens with one attached hydrogen (secondary N) is 1. The lowest BCUT2D eigenvalue weighted by Crippen LogP contribution is -2.26. The molecule has 0 bridgehead atoms. The lowest BCUT2D eigenvalue weighted by atomic mass is 10.0. The van der Waals surface area contributed by atoms with E-state index < -0.39 is 0 Å². The Morgan fingerprint density at radius 1 is 1.17 bits per heavy atom. The number of hydrogen-bond donors (Lipinski definition) is 1. The molecule has 0 aliphatic rings. The van der Waals surface area contributed by atoms with Gasteiger partial charge in [-0.2, -0.15) is 0 Å². The van der Waals surface area contributed by atoms with Gasteiger partial charge in [0.1, 0.15) is 12.2 Å². The molecule has 3 rings (SSSR count). The molecule has 5 nitrogen and oxygen atoms in total. The van der Waals surface area contributed by atoms with Gasteiger partial charge in [0.15, 0.2) is 0 Å². The largest absolute Gasteiger partial charge is 0.352 e. The summed E-state index contributed by atoms with van der Waals surface area (Å²) in [5, 5.41) is 11.1. The molecule has 0 unspecified atom stereocenters. The number of nitrogens with zero attached hydrogens (tertiary/aromatic N) is 3. The van der Waals surface area contributed by atoms with E-state index in [1.54, 1.807) is 12.4 Å². The highest BCUT2D eigenvalue weighted by atomic mass is 35.5. The summed E-state index contributed by atoms with van der Waals surface area (Å²) < 4.78 is 1.83. The lowest BCUT2D eigenvalue weighted by Gasteiger charge is -2.09. The van der Waals surface area contributed by atoms with Crippen molar-refractivity contribution in [2.45, 2.75) is 6.42 Å². The van der Waals surface area contributed by atoms with Gasteiger partial charge in [-0.3, -0.25) is 4.79 Å². The Bertz CT molecular complexity index is 845. The summed E-state index contributed by atoms with van der Waals surface area (Å²) in [4.78, 5) is 12.4. The minimum Gasteiger partial charge on any atom is -0.352 e. The molecule has 1 amide bonds. The molecule has 0 atom stereocenters. The van der Waals surface area contributed by atoms with Crippen LogP contribution >= 0.6 is 11.6 Å². The summed E-state index contributed by atoms with van der Waals surface area (Å²) in [5.41, 5.74) is 2.47. The number of hydrogen-bond acceptors (Lipinski definition) is 3. The van der Waals surface area contributed by atoms with Gasteiger partial charge in [0.05, 0.1) is 10.6 Å². The molecule has 1 N–H and O–H groups in total. The van der Waals surface area contributed by atoms with Crippen molar-refractivity contribution in [2.24, 2.45) is 7.05 Å². The molecule has 0 spiro atoms. The summed E-state index contributed by atoms with van der Waals surface area (Å²) >= 11 is 6.19. The van der Waals surface area contributed by atoms with Crippen LogP contribution in [0.1, 0.15) is 16.2 Å². The van der Waals surface area contributed by atoms with Crippen LogP contribution in [-0.4, -0.2) is 27.2 Å². The summed E-state index contributed by atoms with van der Waals surface area (Å²) in [7, 11) is 1.87. The SMILES string of the molecule is Cn1cnnc1CCNC(=O)c1cc(-c2ccccc2)ccc1Cl. The van der Waals surface area contributed by atoms with Crippen LogP contribution in [0.4, 0.5) is 0 Å². The molecular formula is C18H17ClN4O. The van der Waals surface area contributed by atoms with E-state index in [0.29, 0.717) is 23.6 Å². The Morgan fingerprint density at radius 3 is 2.67 bits per heavy atom. The van der Waals surface area contributed by atoms with E-state index in [0.717, 1.165) is 17.0 Å². The summed E-state index contributed by atoms with van der Waals surface area (Å²) in [6.07, 6.45) is 2.25. The van der Waals surface area contributed by atoms with E-state index in [2.05, 4.69) is 15.5 Å². The zero-order valence-electron chi connectivity index (χ0n) is 13.2. The Balaban J connectivity index is 1.71. The van der Waals surface area contributed by atoms with Gasteiger partial charge in [-0.1, -0.05) is 48.0 Å². The third-order valence-electron chi connectivity index (χ3n) is 3.76. The number of benzene rings is 2. The summed E-state index contributed by atoms with van der Waals surface area (Å²) in [5.74, 6) is 0.624. The predicted molar refractivity (Wildman–Crippen MR) is 93.9 cm³/mol. The van der Waals surface area contributed by atoms with Crippen LogP contribution in [0.5, 0.6) is 0 Å². The van der Waals surface area contributed by atoms with E-state index in [1.807, 2.05) is 54.1 Å². The van der Waals surface area contributed by atoms with Crippen molar-refractivity contribution in [3.05, 3.63) is 71.3 Å². The first-order chi connectivity index (χ1) is 11.6. The number of halogens is 1. The lowest BCUT2D eigenvalue weighted by molar-refractivity contribution is 0.0954. The third kappa shape index (κ3) is 3.63. The normalized spacial score (nSPS) is 10.6. The third-order valence-corrected chi connectivity index (χ3v) is 4.09. The molecule has 0 radical (unpaired) electrons.